The summed E-state index contributed by atoms with van der Waals surface area (Å²) in [5.41, 5.74) is 0. The molecule has 0 N–H and O–H groups in total. The van der Waals surface area contributed by atoms with Crippen molar-refractivity contribution in [2.75, 3.05) is 6.61 Å². The normalized spacial score (nSPS) is 11.6. The first kappa shape index (κ1) is 14.8. The van der Waals surface area contributed by atoms with E-state index in [4.69, 9.17) is 32.1 Å². The second-order valence-corrected chi connectivity index (χ2v) is 8.47. The monoisotopic (exact) mass is 292 g/mol. The van der Waals surface area contributed by atoms with Gasteiger partial charge in [-0.1, -0.05) is 36.5 Å². The highest BCUT2D eigenvalue weighted by molar-refractivity contribution is 6.65. The van der Waals surface area contributed by atoms with Gasteiger partial charge in [0.1, 0.15) is 5.75 Å². The smallest absolute Gasteiger partial charge is 0.392 e. The van der Waals surface area contributed by atoms with Gasteiger partial charge >= 0.3 is 8.56 Å². The number of halogens is 2. The van der Waals surface area contributed by atoms with Crippen molar-refractivity contribution in [2.45, 2.75) is 32.9 Å². The molecule has 0 aromatic heterocycles. The molecule has 0 saturated carbocycles. The van der Waals surface area contributed by atoms with Gasteiger partial charge < -0.3 is 8.85 Å². The first-order valence-corrected chi connectivity index (χ1v) is 9.29. The van der Waals surface area contributed by atoms with Crippen LogP contribution in [0.25, 0.3) is 0 Å². The van der Waals surface area contributed by atoms with E-state index in [1.165, 1.54) is 0 Å². The maximum atomic E-state index is 5.92. The Morgan fingerprint density at radius 3 is 2.24 bits per heavy atom. The van der Waals surface area contributed by atoms with Crippen molar-refractivity contribution < 1.29 is 8.85 Å². The molecule has 0 unspecified atom stereocenters. The van der Waals surface area contributed by atoms with Gasteiger partial charge in [-0.2, -0.15) is 0 Å². The summed E-state index contributed by atoms with van der Waals surface area (Å²) in [5.74, 6) is 0.677. The summed E-state index contributed by atoms with van der Waals surface area (Å²) >= 11 is 11.8. The number of rotatable bonds is 6. The molecule has 17 heavy (non-hydrogen) atoms. The van der Waals surface area contributed by atoms with Gasteiger partial charge in [0.05, 0.1) is 0 Å². The molecule has 2 nitrogen and oxygen atoms in total. The molecular formula is C12H18Cl2O2Si. The van der Waals surface area contributed by atoms with E-state index < -0.39 is 8.56 Å². The van der Waals surface area contributed by atoms with Crippen LogP contribution < -0.4 is 4.43 Å². The topological polar surface area (TPSA) is 18.5 Å². The summed E-state index contributed by atoms with van der Waals surface area (Å²) in [6.07, 6.45) is 2.17. The van der Waals surface area contributed by atoms with Gasteiger partial charge in [-0.05, 0) is 37.7 Å². The molecule has 0 spiro atoms. The molecule has 5 heteroatoms. The SMILES string of the molecule is CCCCO[Si](C)(C)Oc1cc(Cl)cc(Cl)c1. The van der Waals surface area contributed by atoms with Crippen LogP contribution in [0.3, 0.4) is 0 Å². The molecule has 0 amide bonds. The maximum Gasteiger partial charge on any atom is 0.392 e. The van der Waals surface area contributed by atoms with Crippen LogP contribution in [0.4, 0.5) is 0 Å². The fraction of sp³-hybridized carbons (Fsp3) is 0.500. The third-order valence-electron chi connectivity index (χ3n) is 2.15. The van der Waals surface area contributed by atoms with E-state index in [0.29, 0.717) is 15.8 Å². The number of unbranched alkanes of at least 4 members (excludes halogenated alkanes) is 1. The molecule has 0 aliphatic heterocycles. The molecule has 0 aliphatic rings. The van der Waals surface area contributed by atoms with Gasteiger partial charge in [-0.15, -0.1) is 0 Å². The van der Waals surface area contributed by atoms with Crippen LogP contribution in [-0.2, 0) is 4.43 Å². The summed E-state index contributed by atoms with van der Waals surface area (Å²) in [4.78, 5) is 0. The third-order valence-corrected chi connectivity index (χ3v) is 4.21. The number of hydrogen-bond donors (Lipinski definition) is 0. The van der Waals surface area contributed by atoms with E-state index in [-0.39, 0.29) is 0 Å². The first-order valence-electron chi connectivity index (χ1n) is 5.72. The standard InChI is InChI=1S/C12H18Cl2O2Si/c1-4-5-6-15-17(2,3)16-12-8-10(13)7-11(14)9-12/h7-9H,4-6H2,1-3H3. The van der Waals surface area contributed by atoms with Crippen molar-refractivity contribution >= 4 is 31.8 Å². The van der Waals surface area contributed by atoms with E-state index in [0.717, 1.165) is 19.4 Å². The summed E-state index contributed by atoms with van der Waals surface area (Å²) < 4.78 is 11.6. The second-order valence-electron chi connectivity index (χ2n) is 4.31. The van der Waals surface area contributed by atoms with Crippen molar-refractivity contribution in [1.29, 1.82) is 0 Å². The van der Waals surface area contributed by atoms with Crippen LogP contribution in [0.2, 0.25) is 23.1 Å². The minimum absolute atomic E-state index is 0.575. The van der Waals surface area contributed by atoms with Crippen LogP contribution in [0.1, 0.15) is 19.8 Å². The van der Waals surface area contributed by atoms with Crippen LogP contribution in [0.5, 0.6) is 5.75 Å². The third kappa shape index (κ3) is 5.77. The van der Waals surface area contributed by atoms with Crippen LogP contribution in [0, 0.1) is 0 Å². The Morgan fingerprint density at radius 2 is 1.71 bits per heavy atom. The lowest BCUT2D eigenvalue weighted by Crippen LogP contribution is -2.38. The Bertz CT molecular complexity index is 349. The van der Waals surface area contributed by atoms with Gasteiger partial charge in [0.25, 0.3) is 0 Å². The first-order chi connectivity index (χ1) is 7.93. The fourth-order valence-electron chi connectivity index (χ4n) is 1.36. The molecule has 0 saturated heterocycles. The Balaban J connectivity index is 2.62. The quantitative estimate of drug-likeness (QED) is 0.549. The van der Waals surface area contributed by atoms with Crippen molar-refractivity contribution in [2.24, 2.45) is 0 Å². The van der Waals surface area contributed by atoms with Gasteiger partial charge in [-0.3, -0.25) is 0 Å². The Morgan fingerprint density at radius 1 is 1.12 bits per heavy atom. The van der Waals surface area contributed by atoms with Crippen molar-refractivity contribution in [3.63, 3.8) is 0 Å². The van der Waals surface area contributed by atoms with Crippen LogP contribution in [0.15, 0.2) is 18.2 Å². The highest BCUT2D eigenvalue weighted by Gasteiger charge is 2.26. The summed E-state index contributed by atoms with van der Waals surface area (Å²) in [6.45, 7) is 6.90. The number of benzene rings is 1. The van der Waals surface area contributed by atoms with E-state index in [1.807, 2.05) is 13.1 Å². The lowest BCUT2D eigenvalue weighted by atomic mass is 10.3. The van der Waals surface area contributed by atoms with Gasteiger partial charge in [0.2, 0.25) is 0 Å². The Labute approximate surface area is 114 Å². The Kier molecular flexibility index (Phi) is 5.80. The van der Waals surface area contributed by atoms with Crippen molar-refractivity contribution in [1.82, 2.24) is 0 Å². The van der Waals surface area contributed by atoms with Gasteiger partial charge in [0, 0.05) is 16.7 Å². The average Bonchev–Trinajstić information content (AvgIpc) is 2.14. The molecule has 0 heterocycles. The maximum absolute atomic E-state index is 5.92. The minimum atomic E-state index is -2.14. The predicted molar refractivity (Wildman–Crippen MR) is 75.4 cm³/mol. The zero-order valence-corrected chi connectivity index (χ0v) is 12.9. The van der Waals surface area contributed by atoms with Crippen molar-refractivity contribution in [3.05, 3.63) is 28.2 Å². The molecular weight excluding hydrogens is 275 g/mol. The van der Waals surface area contributed by atoms with E-state index in [9.17, 15) is 0 Å². The molecule has 0 aliphatic carbocycles. The summed E-state index contributed by atoms with van der Waals surface area (Å²) in [6, 6.07) is 5.19. The predicted octanol–water partition coefficient (Wildman–Crippen LogP) is 4.89. The molecule has 0 atom stereocenters. The molecule has 1 aromatic carbocycles. The van der Waals surface area contributed by atoms with Gasteiger partial charge in [0.15, 0.2) is 0 Å². The van der Waals surface area contributed by atoms with Crippen molar-refractivity contribution in [3.8, 4) is 5.75 Å². The summed E-state index contributed by atoms with van der Waals surface area (Å²) in [5, 5.41) is 1.15. The summed E-state index contributed by atoms with van der Waals surface area (Å²) in [7, 11) is -2.14. The van der Waals surface area contributed by atoms with Gasteiger partial charge in [-0.25, -0.2) is 0 Å². The average molecular weight is 293 g/mol. The lowest BCUT2D eigenvalue weighted by molar-refractivity contribution is 0.243. The van der Waals surface area contributed by atoms with E-state index in [1.54, 1.807) is 18.2 Å². The van der Waals surface area contributed by atoms with E-state index in [2.05, 4.69) is 6.92 Å². The van der Waals surface area contributed by atoms with Crippen LogP contribution in [-0.4, -0.2) is 15.2 Å². The lowest BCUT2D eigenvalue weighted by Gasteiger charge is -2.24. The molecule has 96 valence electrons. The Hall–Kier alpha value is -0.223. The molecule has 0 fully saturated rings. The van der Waals surface area contributed by atoms with Crippen LogP contribution >= 0.6 is 23.2 Å². The molecule has 0 radical (unpaired) electrons. The fourth-order valence-corrected chi connectivity index (χ4v) is 3.25. The molecule has 0 bridgehead atoms. The zero-order chi connectivity index (χ0) is 12.9. The molecule has 1 aromatic rings. The highest BCUT2D eigenvalue weighted by atomic mass is 35.5. The number of hydrogen-bond acceptors (Lipinski definition) is 2. The highest BCUT2D eigenvalue weighted by Crippen LogP contribution is 2.26. The second kappa shape index (κ2) is 6.64. The largest absolute Gasteiger partial charge is 0.520 e. The zero-order valence-electron chi connectivity index (χ0n) is 10.4. The van der Waals surface area contributed by atoms with E-state index >= 15 is 0 Å². The molecule has 1 rings (SSSR count). The minimum Gasteiger partial charge on any atom is -0.520 e.